The number of hydrogen-bond acceptors (Lipinski definition) is 2. The first-order chi connectivity index (χ1) is 8.10. The van der Waals surface area contributed by atoms with Crippen LogP contribution < -0.4 is 4.46 Å². The normalized spacial score (nSPS) is 20.0. The molecule has 1 aromatic carbocycles. The van der Waals surface area contributed by atoms with Gasteiger partial charge in [0, 0.05) is 0 Å². The van der Waals surface area contributed by atoms with E-state index in [1.165, 1.54) is 11.1 Å². The van der Waals surface area contributed by atoms with E-state index in [2.05, 4.69) is 53.7 Å². The molecule has 1 unspecified atom stereocenters. The second-order valence-electron chi connectivity index (χ2n) is 7.01. The summed E-state index contributed by atoms with van der Waals surface area (Å²) in [6.07, 6.45) is 0. The van der Waals surface area contributed by atoms with Crippen LogP contribution >= 0.6 is 0 Å². The zero-order valence-corrected chi connectivity index (χ0v) is 13.8. The van der Waals surface area contributed by atoms with E-state index < -0.39 is 14.2 Å². The second-order valence-corrected chi connectivity index (χ2v) is 9.34. The Labute approximate surface area is 114 Å². The maximum absolute atomic E-state index is 12.1. The van der Waals surface area contributed by atoms with E-state index in [0.29, 0.717) is 6.61 Å². The molecule has 0 aromatic heterocycles. The summed E-state index contributed by atoms with van der Waals surface area (Å²) in [6, 6.07) is 4.40. The van der Waals surface area contributed by atoms with Crippen molar-refractivity contribution in [3.8, 4) is 0 Å². The molecule has 0 aliphatic carbocycles. The van der Waals surface area contributed by atoms with Crippen molar-refractivity contribution in [3.63, 3.8) is 0 Å². The Bertz CT molecular complexity index is 504. The van der Waals surface area contributed by atoms with Crippen molar-refractivity contribution in [1.29, 1.82) is 0 Å². The van der Waals surface area contributed by atoms with Crippen LogP contribution in [0.1, 0.15) is 58.2 Å². The zero-order valence-electron chi connectivity index (χ0n) is 12.1. The van der Waals surface area contributed by atoms with Crippen molar-refractivity contribution in [2.75, 3.05) is 0 Å². The minimum atomic E-state index is -2.27. The van der Waals surface area contributed by atoms with Crippen LogP contribution in [0.15, 0.2) is 12.1 Å². The summed E-state index contributed by atoms with van der Waals surface area (Å²) in [6.45, 7) is 13.7. The Balaban J connectivity index is 2.71. The van der Waals surface area contributed by atoms with Crippen molar-refractivity contribution in [2.45, 2.75) is 59.0 Å². The zero-order chi connectivity index (χ0) is 13.7. The summed E-state index contributed by atoms with van der Waals surface area (Å²) in [4.78, 5) is 0. The average Bonchev–Trinajstić information content (AvgIpc) is 2.56. The van der Waals surface area contributed by atoms with Crippen LogP contribution in [0.2, 0.25) is 0 Å². The second kappa shape index (κ2) is 4.26. The molecule has 2 nitrogen and oxygen atoms in total. The molecule has 0 amide bonds. The fourth-order valence-electron chi connectivity index (χ4n) is 2.16. The van der Waals surface area contributed by atoms with Crippen molar-refractivity contribution >= 4 is 18.6 Å². The first-order valence-electron chi connectivity index (χ1n) is 6.33. The molecule has 0 saturated heterocycles. The van der Waals surface area contributed by atoms with Crippen LogP contribution in [0.3, 0.4) is 0 Å². The van der Waals surface area contributed by atoms with Gasteiger partial charge in [0.2, 0.25) is 0 Å². The molecule has 1 heterocycles. The Morgan fingerprint density at radius 3 is 2.17 bits per heavy atom. The molecule has 0 fully saturated rings. The van der Waals surface area contributed by atoms with Gasteiger partial charge in [-0.1, -0.05) is 0 Å². The summed E-state index contributed by atoms with van der Waals surface area (Å²) in [5.41, 5.74) is 3.74. The summed E-state index contributed by atoms with van der Waals surface area (Å²) in [7, 11) is 0. The molecular formula is C15H22O2Se. The number of fused-ring (bicyclic) bond motifs is 1. The third kappa shape index (κ3) is 2.45. The van der Waals surface area contributed by atoms with Gasteiger partial charge in [-0.15, -0.1) is 0 Å². The van der Waals surface area contributed by atoms with Gasteiger partial charge in [-0.25, -0.2) is 0 Å². The average molecular weight is 313 g/mol. The summed E-state index contributed by atoms with van der Waals surface area (Å²) < 4.78 is 18.5. The van der Waals surface area contributed by atoms with Crippen LogP contribution in [-0.2, 0) is 25.1 Å². The van der Waals surface area contributed by atoms with Gasteiger partial charge >= 0.3 is 114 Å². The molecule has 1 aromatic rings. The standard InChI is InChI=1S/C15H22O2Se/c1-14(2,3)11-7-10-9-17-18(16)13(10)12(8-11)15(4,5)6/h7-8H,9H2,1-6H3. The van der Waals surface area contributed by atoms with Crippen LogP contribution in [-0.4, -0.2) is 14.2 Å². The van der Waals surface area contributed by atoms with E-state index in [0.717, 1.165) is 10.0 Å². The van der Waals surface area contributed by atoms with Gasteiger partial charge in [0.05, 0.1) is 0 Å². The first-order valence-corrected chi connectivity index (χ1v) is 8.59. The number of rotatable bonds is 0. The Morgan fingerprint density at radius 1 is 1.06 bits per heavy atom. The first kappa shape index (κ1) is 13.9. The van der Waals surface area contributed by atoms with Gasteiger partial charge in [0.25, 0.3) is 0 Å². The third-order valence-electron chi connectivity index (χ3n) is 3.33. The summed E-state index contributed by atoms with van der Waals surface area (Å²) in [5.74, 6) is 0. The molecule has 18 heavy (non-hydrogen) atoms. The quantitative estimate of drug-likeness (QED) is 0.688. The maximum atomic E-state index is 12.1. The molecule has 0 spiro atoms. The molecule has 1 atom stereocenters. The molecule has 0 N–H and O–H groups in total. The van der Waals surface area contributed by atoms with Gasteiger partial charge in [-0.2, -0.15) is 0 Å². The molecule has 2 rings (SSSR count). The minimum absolute atomic E-state index is 0.00516. The van der Waals surface area contributed by atoms with Crippen molar-refractivity contribution < 1.29 is 7.65 Å². The van der Waals surface area contributed by atoms with Gasteiger partial charge in [-0.3, -0.25) is 0 Å². The Morgan fingerprint density at radius 2 is 1.67 bits per heavy atom. The van der Waals surface area contributed by atoms with E-state index in [-0.39, 0.29) is 10.8 Å². The third-order valence-corrected chi connectivity index (χ3v) is 5.74. The topological polar surface area (TPSA) is 26.3 Å². The molecule has 0 radical (unpaired) electrons. The number of hydrogen-bond donors (Lipinski definition) is 0. The van der Waals surface area contributed by atoms with Gasteiger partial charge in [0.15, 0.2) is 0 Å². The van der Waals surface area contributed by atoms with Crippen LogP contribution in [0.5, 0.6) is 0 Å². The molecule has 0 saturated carbocycles. The predicted molar refractivity (Wildman–Crippen MR) is 74.7 cm³/mol. The number of benzene rings is 1. The molecule has 1 aliphatic heterocycles. The van der Waals surface area contributed by atoms with Gasteiger partial charge in [-0.05, 0) is 0 Å². The SMILES string of the molecule is CC(C)(C)c1cc2c(c(C(C)(C)C)c1)[Se](=O)OC2. The van der Waals surface area contributed by atoms with Crippen molar-refractivity contribution in [2.24, 2.45) is 0 Å². The molecule has 0 bridgehead atoms. The van der Waals surface area contributed by atoms with E-state index in [1.807, 2.05) is 0 Å². The molecular weight excluding hydrogens is 291 g/mol. The summed E-state index contributed by atoms with van der Waals surface area (Å²) >= 11 is -2.27. The molecule has 100 valence electrons. The van der Waals surface area contributed by atoms with E-state index in [9.17, 15) is 3.83 Å². The van der Waals surface area contributed by atoms with Crippen molar-refractivity contribution in [1.82, 2.24) is 0 Å². The van der Waals surface area contributed by atoms with Gasteiger partial charge < -0.3 is 0 Å². The van der Waals surface area contributed by atoms with Crippen LogP contribution in [0.4, 0.5) is 0 Å². The molecule has 3 heteroatoms. The molecule has 1 aliphatic rings. The van der Waals surface area contributed by atoms with Crippen LogP contribution in [0.25, 0.3) is 0 Å². The Kier molecular flexibility index (Phi) is 3.30. The Hall–Kier alpha value is -0.501. The predicted octanol–water partition coefficient (Wildman–Crippen LogP) is 2.94. The van der Waals surface area contributed by atoms with E-state index >= 15 is 0 Å². The monoisotopic (exact) mass is 314 g/mol. The van der Waals surface area contributed by atoms with E-state index in [1.54, 1.807) is 0 Å². The fraction of sp³-hybridized carbons (Fsp3) is 0.600. The van der Waals surface area contributed by atoms with Gasteiger partial charge in [0.1, 0.15) is 0 Å². The fourth-order valence-corrected chi connectivity index (χ4v) is 4.74. The van der Waals surface area contributed by atoms with Crippen molar-refractivity contribution in [3.05, 3.63) is 28.8 Å². The van der Waals surface area contributed by atoms with E-state index in [4.69, 9.17) is 3.82 Å². The van der Waals surface area contributed by atoms with Crippen LogP contribution in [0, 0.1) is 0 Å². The summed E-state index contributed by atoms with van der Waals surface area (Å²) in [5, 5.41) is 0.